The Morgan fingerprint density at radius 1 is 0.912 bits per heavy atom. The van der Waals surface area contributed by atoms with Gasteiger partial charge in [-0.1, -0.05) is 18.2 Å². The predicted molar refractivity (Wildman–Crippen MR) is 108 cm³/mol. The first kappa shape index (κ1) is 20.7. The number of nitro benzene ring substituents is 2. The molecule has 0 saturated heterocycles. The number of phenols is 2. The number of carboxylic acid groups (broad SMARTS) is 1. The zero-order valence-electron chi connectivity index (χ0n) is 16.5. The number of phenolic OH excluding ortho intramolecular Hbond substituents is 2. The number of hydrogen-bond donors (Lipinski definition) is 3. The number of ether oxygens (including phenoxy) is 2. The van der Waals surface area contributed by atoms with Crippen molar-refractivity contribution in [2.24, 2.45) is 0 Å². The van der Waals surface area contributed by atoms with Crippen molar-refractivity contribution in [3.8, 4) is 23.0 Å². The van der Waals surface area contributed by atoms with E-state index in [2.05, 4.69) is 0 Å². The number of rotatable bonds is 3. The van der Waals surface area contributed by atoms with Crippen LogP contribution in [0.2, 0.25) is 0 Å². The minimum atomic E-state index is -2.23. The summed E-state index contributed by atoms with van der Waals surface area (Å²) in [5.74, 6) is -6.14. The molecule has 3 aromatic carbocycles. The first-order valence-corrected chi connectivity index (χ1v) is 9.39. The van der Waals surface area contributed by atoms with Gasteiger partial charge in [0, 0.05) is 11.6 Å². The van der Waals surface area contributed by atoms with Gasteiger partial charge in [0.25, 0.3) is 0 Å². The molecule has 13 nitrogen and oxygen atoms in total. The second-order valence-corrected chi connectivity index (χ2v) is 7.34. The average molecular weight is 466 g/mol. The fraction of sp³-hybridized carbons (Fsp3) is 0.0476. The maximum atomic E-state index is 12.8. The van der Waals surface area contributed by atoms with Crippen LogP contribution in [0.4, 0.5) is 11.4 Å². The number of hydrogen-bond acceptors (Lipinski definition) is 10. The van der Waals surface area contributed by atoms with E-state index in [-0.39, 0.29) is 16.7 Å². The topological polar surface area (TPSA) is 200 Å². The summed E-state index contributed by atoms with van der Waals surface area (Å²) in [6.07, 6.45) is 0. The zero-order valence-corrected chi connectivity index (χ0v) is 16.5. The van der Waals surface area contributed by atoms with Crippen molar-refractivity contribution in [3.63, 3.8) is 0 Å². The number of aromatic carboxylic acids is 1. The Morgan fingerprint density at radius 2 is 1.56 bits per heavy atom. The first-order chi connectivity index (χ1) is 16.1. The number of nitro groups is 2. The van der Waals surface area contributed by atoms with E-state index in [9.17, 15) is 45.1 Å². The van der Waals surface area contributed by atoms with Gasteiger partial charge in [-0.15, -0.1) is 0 Å². The van der Waals surface area contributed by atoms with E-state index < -0.39 is 72.9 Å². The molecule has 0 fully saturated rings. The van der Waals surface area contributed by atoms with Gasteiger partial charge in [0.15, 0.2) is 17.1 Å². The predicted octanol–water partition coefficient (Wildman–Crippen LogP) is 3.18. The highest BCUT2D eigenvalue weighted by atomic mass is 16.6. The largest absolute Gasteiger partial charge is 0.502 e. The van der Waals surface area contributed by atoms with Crippen LogP contribution in [0.5, 0.6) is 23.0 Å². The van der Waals surface area contributed by atoms with Crippen LogP contribution in [0.25, 0.3) is 0 Å². The minimum Gasteiger partial charge on any atom is -0.502 e. The quantitative estimate of drug-likeness (QED) is 0.291. The van der Waals surface area contributed by atoms with Crippen LogP contribution >= 0.6 is 0 Å². The third kappa shape index (κ3) is 2.42. The van der Waals surface area contributed by atoms with E-state index in [1.807, 2.05) is 0 Å². The second kappa shape index (κ2) is 6.65. The van der Waals surface area contributed by atoms with E-state index in [4.69, 9.17) is 9.47 Å². The molecule has 0 radical (unpaired) electrons. The third-order valence-corrected chi connectivity index (χ3v) is 5.65. The van der Waals surface area contributed by atoms with Crippen molar-refractivity contribution in [1.82, 2.24) is 0 Å². The van der Waals surface area contributed by atoms with E-state index in [0.29, 0.717) is 6.07 Å². The normalized spacial score (nSPS) is 17.2. The summed E-state index contributed by atoms with van der Waals surface area (Å²) < 4.78 is 11.2. The minimum absolute atomic E-state index is 0.0240. The molecular weight excluding hydrogens is 456 g/mol. The molecular formula is C21H10N2O11. The van der Waals surface area contributed by atoms with Crippen LogP contribution in [-0.4, -0.2) is 37.1 Å². The van der Waals surface area contributed by atoms with Gasteiger partial charge in [-0.05, 0) is 18.2 Å². The highest BCUT2D eigenvalue weighted by molar-refractivity contribution is 6.00. The van der Waals surface area contributed by atoms with Crippen LogP contribution in [0.1, 0.15) is 37.4 Å². The fourth-order valence-corrected chi connectivity index (χ4v) is 4.39. The smallest absolute Gasteiger partial charge is 0.353 e. The molecule has 0 bridgehead atoms. The zero-order chi connectivity index (χ0) is 24.5. The Kier molecular flexibility index (Phi) is 4.05. The second-order valence-electron chi connectivity index (χ2n) is 7.34. The number of carboxylic acids is 1. The molecule has 34 heavy (non-hydrogen) atoms. The molecule has 170 valence electrons. The standard InChI is InChI=1S/C21H10N2O11/c24-12-6-5-11-17(15(12)22(29)30)33-18-14(9(19(26)27)7-13(25)16(18)23(31)32)21(11)10-4-2-1-3-8(10)20(28)34-21/h1-7,24-25H,(H,26,27). The molecule has 1 unspecified atom stereocenters. The molecule has 5 rings (SSSR count). The van der Waals surface area contributed by atoms with Crippen LogP contribution in [-0.2, 0) is 10.3 Å². The van der Waals surface area contributed by atoms with Gasteiger partial charge < -0.3 is 24.8 Å². The van der Waals surface area contributed by atoms with Crippen LogP contribution in [0.15, 0.2) is 42.5 Å². The van der Waals surface area contributed by atoms with Gasteiger partial charge in [0.05, 0.1) is 32.1 Å². The molecule has 0 aromatic heterocycles. The average Bonchev–Trinajstić information content (AvgIpc) is 3.05. The first-order valence-electron chi connectivity index (χ1n) is 9.39. The Labute approximate surface area is 187 Å². The maximum Gasteiger partial charge on any atom is 0.353 e. The summed E-state index contributed by atoms with van der Waals surface area (Å²) in [6, 6.07) is 8.40. The van der Waals surface area contributed by atoms with Crippen molar-refractivity contribution in [2.45, 2.75) is 5.60 Å². The molecule has 3 aromatic rings. The Hall–Kier alpha value is -5.20. The fourth-order valence-electron chi connectivity index (χ4n) is 4.39. The SMILES string of the molecule is O=C1OC2(c3ccccc31)c1ccc(O)c([N+](=O)[O-])c1Oc1c([N+](=O)[O-])c(O)cc(C(=O)O)c12. The maximum absolute atomic E-state index is 12.8. The monoisotopic (exact) mass is 466 g/mol. The van der Waals surface area contributed by atoms with Crippen molar-refractivity contribution < 1.29 is 44.2 Å². The van der Waals surface area contributed by atoms with Crippen molar-refractivity contribution in [3.05, 3.63) is 90.5 Å². The van der Waals surface area contributed by atoms with Crippen LogP contribution < -0.4 is 4.74 Å². The van der Waals surface area contributed by atoms with E-state index in [0.717, 1.165) is 12.1 Å². The van der Waals surface area contributed by atoms with Gasteiger partial charge in [0.1, 0.15) is 0 Å². The number of benzene rings is 3. The summed E-state index contributed by atoms with van der Waals surface area (Å²) in [5.41, 5.74) is -5.80. The van der Waals surface area contributed by atoms with Gasteiger partial charge in [0.2, 0.25) is 11.5 Å². The molecule has 0 aliphatic carbocycles. The summed E-state index contributed by atoms with van der Waals surface area (Å²) in [4.78, 5) is 46.5. The van der Waals surface area contributed by atoms with Crippen LogP contribution in [0, 0.1) is 20.2 Å². The molecule has 13 heteroatoms. The summed E-state index contributed by atoms with van der Waals surface area (Å²) in [6.45, 7) is 0. The molecule has 2 heterocycles. The number of fused-ring (bicyclic) bond motifs is 6. The Bertz CT molecular complexity index is 1500. The summed E-state index contributed by atoms with van der Waals surface area (Å²) in [5, 5.41) is 53.8. The lowest BCUT2D eigenvalue weighted by Gasteiger charge is -2.36. The van der Waals surface area contributed by atoms with Crippen molar-refractivity contribution in [2.75, 3.05) is 0 Å². The van der Waals surface area contributed by atoms with Gasteiger partial charge in [-0.2, -0.15) is 0 Å². The van der Waals surface area contributed by atoms with Gasteiger partial charge >= 0.3 is 23.3 Å². The summed E-state index contributed by atoms with van der Waals surface area (Å²) >= 11 is 0. The summed E-state index contributed by atoms with van der Waals surface area (Å²) in [7, 11) is 0. The highest BCUT2D eigenvalue weighted by Crippen LogP contribution is 2.62. The lowest BCUT2D eigenvalue weighted by atomic mass is 9.75. The van der Waals surface area contributed by atoms with Crippen molar-refractivity contribution >= 4 is 23.3 Å². The molecule has 3 N–H and O–H groups in total. The molecule has 0 amide bonds. The van der Waals surface area contributed by atoms with Crippen LogP contribution in [0.3, 0.4) is 0 Å². The van der Waals surface area contributed by atoms with E-state index in [1.54, 1.807) is 0 Å². The number of carbonyl (C=O) groups excluding carboxylic acids is 1. The lowest BCUT2D eigenvalue weighted by Crippen LogP contribution is -2.35. The Morgan fingerprint density at radius 3 is 2.21 bits per heavy atom. The number of carbonyl (C=O) groups is 2. The molecule has 0 saturated carbocycles. The van der Waals surface area contributed by atoms with E-state index >= 15 is 0 Å². The molecule has 1 spiro atoms. The molecule has 1 atom stereocenters. The van der Waals surface area contributed by atoms with Gasteiger partial charge in [-0.3, -0.25) is 20.2 Å². The number of aromatic hydroxyl groups is 2. The number of esters is 1. The molecule has 2 aliphatic rings. The van der Waals surface area contributed by atoms with E-state index in [1.165, 1.54) is 24.3 Å². The molecule has 2 aliphatic heterocycles. The Balaban J connectivity index is 2.06. The number of nitrogens with zero attached hydrogens (tertiary/aromatic N) is 2. The van der Waals surface area contributed by atoms with Gasteiger partial charge in [-0.25, -0.2) is 9.59 Å². The lowest BCUT2D eigenvalue weighted by molar-refractivity contribution is -0.388. The highest BCUT2D eigenvalue weighted by Gasteiger charge is 2.58. The third-order valence-electron chi connectivity index (χ3n) is 5.65. The van der Waals surface area contributed by atoms with Crippen molar-refractivity contribution in [1.29, 1.82) is 0 Å².